The molecule has 2 fully saturated rings. The van der Waals surface area contributed by atoms with Gasteiger partial charge in [0.15, 0.2) is 0 Å². The highest BCUT2D eigenvalue weighted by atomic mass is 16.6. The Morgan fingerprint density at radius 2 is 2.14 bits per heavy atom. The van der Waals surface area contributed by atoms with E-state index in [9.17, 15) is 10.1 Å². The van der Waals surface area contributed by atoms with Crippen molar-refractivity contribution in [3.8, 4) is 0 Å². The summed E-state index contributed by atoms with van der Waals surface area (Å²) in [7, 11) is 0. The Hall–Kier alpha value is -1.62. The van der Waals surface area contributed by atoms with Gasteiger partial charge >= 0.3 is 0 Å². The maximum Gasteiger partial charge on any atom is 0.272 e. The van der Waals surface area contributed by atoms with E-state index in [4.69, 9.17) is 0 Å². The van der Waals surface area contributed by atoms with Crippen molar-refractivity contribution in [3.05, 3.63) is 33.9 Å². The Morgan fingerprint density at radius 3 is 2.71 bits per heavy atom. The molecule has 0 bridgehead atoms. The first-order valence-electron chi connectivity index (χ1n) is 7.87. The molecule has 114 valence electrons. The van der Waals surface area contributed by atoms with Crippen LogP contribution in [0.3, 0.4) is 0 Å². The smallest absolute Gasteiger partial charge is 0.272 e. The predicted octanol–water partition coefficient (Wildman–Crippen LogP) is 2.87. The molecule has 1 aliphatic carbocycles. The second-order valence-electron chi connectivity index (χ2n) is 6.37. The Balaban J connectivity index is 1.77. The molecule has 1 saturated carbocycles. The summed E-state index contributed by atoms with van der Waals surface area (Å²) in [5.41, 5.74) is 2.08. The van der Waals surface area contributed by atoms with Crippen LogP contribution in [0, 0.1) is 23.0 Å². The van der Waals surface area contributed by atoms with Crippen molar-refractivity contribution in [1.29, 1.82) is 0 Å². The lowest BCUT2D eigenvalue weighted by atomic mass is 10.1. The summed E-state index contributed by atoms with van der Waals surface area (Å²) < 4.78 is 0. The van der Waals surface area contributed by atoms with Gasteiger partial charge in [-0.15, -0.1) is 0 Å². The third-order valence-electron chi connectivity index (χ3n) is 4.52. The van der Waals surface area contributed by atoms with E-state index in [1.165, 1.54) is 25.7 Å². The molecule has 3 rings (SSSR count). The van der Waals surface area contributed by atoms with Crippen molar-refractivity contribution in [2.45, 2.75) is 38.6 Å². The number of hydrogen-bond donors (Lipinski definition) is 1. The molecule has 5 heteroatoms. The highest BCUT2D eigenvalue weighted by molar-refractivity contribution is 5.55. The minimum Gasteiger partial charge on any atom is -0.370 e. The number of aryl methyl sites for hydroxylation is 1. The standard InChI is InChI=1S/C16H23N3O2/c1-12-9-15(6-7-16(12)19(20)21)18(10-13-4-5-13)11-14-3-2-8-17-14/h6-7,9,13-14,17H,2-5,8,10-11H2,1H3. The van der Waals surface area contributed by atoms with Crippen LogP contribution in [-0.4, -0.2) is 30.6 Å². The predicted molar refractivity (Wildman–Crippen MR) is 83.8 cm³/mol. The molecule has 0 radical (unpaired) electrons. The fourth-order valence-electron chi connectivity index (χ4n) is 3.12. The van der Waals surface area contributed by atoms with Crippen molar-refractivity contribution < 1.29 is 4.92 Å². The molecular formula is C16H23N3O2. The van der Waals surface area contributed by atoms with E-state index in [0.717, 1.165) is 36.8 Å². The lowest BCUT2D eigenvalue weighted by molar-refractivity contribution is -0.385. The normalized spacial score (nSPS) is 21.5. The molecule has 21 heavy (non-hydrogen) atoms. The SMILES string of the molecule is Cc1cc(N(CC2CC2)CC2CCCN2)ccc1[N+](=O)[O-]. The van der Waals surface area contributed by atoms with Gasteiger partial charge in [-0.2, -0.15) is 0 Å². The van der Waals surface area contributed by atoms with Crippen LogP contribution >= 0.6 is 0 Å². The zero-order valence-electron chi connectivity index (χ0n) is 12.5. The molecule has 0 amide bonds. The van der Waals surface area contributed by atoms with Crippen LogP contribution < -0.4 is 10.2 Å². The maximum atomic E-state index is 11.0. The van der Waals surface area contributed by atoms with Gasteiger partial charge in [0.1, 0.15) is 0 Å². The van der Waals surface area contributed by atoms with E-state index in [1.807, 2.05) is 19.1 Å². The number of rotatable bonds is 6. The van der Waals surface area contributed by atoms with Gasteiger partial charge in [0, 0.05) is 36.4 Å². The molecule has 1 aromatic rings. The fourth-order valence-corrected chi connectivity index (χ4v) is 3.12. The van der Waals surface area contributed by atoms with E-state index in [2.05, 4.69) is 10.2 Å². The Morgan fingerprint density at radius 1 is 1.33 bits per heavy atom. The molecular weight excluding hydrogens is 266 g/mol. The number of nitrogens with zero attached hydrogens (tertiary/aromatic N) is 2. The monoisotopic (exact) mass is 289 g/mol. The third-order valence-corrected chi connectivity index (χ3v) is 4.52. The number of anilines is 1. The van der Waals surface area contributed by atoms with Crippen LogP contribution in [0.15, 0.2) is 18.2 Å². The zero-order valence-corrected chi connectivity index (χ0v) is 12.5. The van der Waals surface area contributed by atoms with Crippen LogP contribution in [-0.2, 0) is 0 Å². The van der Waals surface area contributed by atoms with E-state index in [1.54, 1.807) is 6.07 Å². The fraction of sp³-hybridized carbons (Fsp3) is 0.625. The summed E-state index contributed by atoms with van der Waals surface area (Å²) in [6, 6.07) is 6.07. The summed E-state index contributed by atoms with van der Waals surface area (Å²) in [4.78, 5) is 13.1. The van der Waals surface area contributed by atoms with Crippen LogP contribution in [0.2, 0.25) is 0 Å². The summed E-state index contributed by atoms with van der Waals surface area (Å²) in [5.74, 6) is 0.807. The molecule has 0 spiro atoms. The third kappa shape index (κ3) is 3.53. The van der Waals surface area contributed by atoms with E-state index < -0.39 is 0 Å². The minimum absolute atomic E-state index is 0.212. The summed E-state index contributed by atoms with van der Waals surface area (Å²) in [6.07, 6.45) is 5.12. The topological polar surface area (TPSA) is 58.4 Å². The highest BCUT2D eigenvalue weighted by Gasteiger charge is 2.27. The van der Waals surface area contributed by atoms with E-state index in [0.29, 0.717) is 6.04 Å². The average Bonchev–Trinajstić information content (AvgIpc) is 3.11. The first-order valence-corrected chi connectivity index (χ1v) is 7.87. The van der Waals surface area contributed by atoms with Crippen molar-refractivity contribution in [1.82, 2.24) is 5.32 Å². The van der Waals surface area contributed by atoms with E-state index >= 15 is 0 Å². The van der Waals surface area contributed by atoms with Crippen molar-refractivity contribution in [2.75, 3.05) is 24.5 Å². The summed E-state index contributed by atoms with van der Waals surface area (Å²) >= 11 is 0. The van der Waals surface area contributed by atoms with Gasteiger partial charge < -0.3 is 10.2 Å². The number of nitro groups is 1. The molecule has 1 aromatic carbocycles. The largest absolute Gasteiger partial charge is 0.370 e. The lowest BCUT2D eigenvalue weighted by Crippen LogP contribution is -2.38. The van der Waals surface area contributed by atoms with Crippen LogP contribution in [0.4, 0.5) is 11.4 Å². The van der Waals surface area contributed by atoms with Crippen molar-refractivity contribution in [3.63, 3.8) is 0 Å². The van der Waals surface area contributed by atoms with Gasteiger partial charge in [-0.25, -0.2) is 0 Å². The molecule has 1 aliphatic heterocycles. The van der Waals surface area contributed by atoms with Crippen LogP contribution in [0.5, 0.6) is 0 Å². The Labute approximate surface area is 125 Å². The molecule has 1 N–H and O–H groups in total. The van der Waals surface area contributed by atoms with Crippen molar-refractivity contribution >= 4 is 11.4 Å². The first kappa shape index (κ1) is 14.3. The molecule has 5 nitrogen and oxygen atoms in total. The van der Waals surface area contributed by atoms with Crippen LogP contribution in [0.1, 0.15) is 31.2 Å². The summed E-state index contributed by atoms with van der Waals surface area (Å²) in [6.45, 7) is 5.02. The first-order chi connectivity index (χ1) is 10.1. The molecule has 1 unspecified atom stereocenters. The quantitative estimate of drug-likeness (QED) is 0.646. The molecule has 0 aromatic heterocycles. The highest BCUT2D eigenvalue weighted by Crippen LogP contribution is 2.33. The van der Waals surface area contributed by atoms with Gasteiger partial charge in [0.2, 0.25) is 0 Å². The number of nitro benzene ring substituents is 1. The van der Waals surface area contributed by atoms with Gasteiger partial charge in [0.05, 0.1) is 4.92 Å². The molecule has 1 saturated heterocycles. The van der Waals surface area contributed by atoms with Gasteiger partial charge in [-0.3, -0.25) is 10.1 Å². The second-order valence-corrected chi connectivity index (χ2v) is 6.37. The summed E-state index contributed by atoms with van der Waals surface area (Å²) in [5, 5.41) is 14.5. The van der Waals surface area contributed by atoms with Crippen LogP contribution in [0.25, 0.3) is 0 Å². The lowest BCUT2D eigenvalue weighted by Gasteiger charge is -2.28. The number of hydrogen-bond acceptors (Lipinski definition) is 4. The van der Waals surface area contributed by atoms with Gasteiger partial charge in [-0.1, -0.05) is 0 Å². The second kappa shape index (κ2) is 6.02. The molecule has 2 aliphatic rings. The molecule has 1 atom stereocenters. The van der Waals surface area contributed by atoms with Gasteiger partial charge in [0.25, 0.3) is 5.69 Å². The van der Waals surface area contributed by atoms with Crippen molar-refractivity contribution in [2.24, 2.45) is 5.92 Å². The zero-order chi connectivity index (χ0) is 14.8. The molecule has 1 heterocycles. The number of nitrogens with one attached hydrogen (secondary N) is 1. The van der Waals surface area contributed by atoms with E-state index in [-0.39, 0.29) is 10.6 Å². The Kier molecular flexibility index (Phi) is 4.10. The van der Waals surface area contributed by atoms with Gasteiger partial charge in [-0.05, 0) is 57.2 Å². The maximum absolute atomic E-state index is 11.0. The average molecular weight is 289 g/mol. The minimum atomic E-state index is -0.303. The number of benzene rings is 1. The Bertz CT molecular complexity index is 522.